The molecule has 27 heavy (non-hydrogen) atoms. The number of rotatable bonds is 8. The summed E-state index contributed by atoms with van der Waals surface area (Å²) in [4.78, 5) is 9.43. The van der Waals surface area contributed by atoms with E-state index in [1.54, 1.807) is 6.26 Å². The highest BCUT2D eigenvalue weighted by Gasteiger charge is 2.23. The predicted molar refractivity (Wildman–Crippen MR) is 107 cm³/mol. The van der Waals surface area contributed by atoms with E-state index in [1.165, 1.54) is 6.26 Å². The minimum Gasteiger partial charge on any atom is -0.364 e. The van der Waals surface area contributed by atoms with E-state index < -0.39 is 9.84 Å². The van der Waals surface area contributed by atoms with E-state index >= 15 is 0 Å². The second kappa shape index (κ2) is 9.54. The van der Waals surface area contributed by atoms with Crippen LogP contribution >= 0.6 is 0 Å². The van der Waals surface area contributed by atoms with Crippen molar-refractivity contribution in [2.75, 3.05) is 51.3 Å². The van der Waals surface area contributed by atoms with Crippen LogP contribution in [0.2, 0.25) is 0 Å². The van der Waals surface area contributed by atoms with Gasteiger partial charge in [0.2, 0.25) is 0 Å². The summed E-state index contributed by atoms with van der Waals surface area (Å²) in [6.45, 7) is 12.1. The zero-order chi connectivity index (χ0) is 19.9. The molecule has 1 aromatic rings. The number of guanidine groups is 1. The number of aliphatic imine (C=N–C) groups is 1. The van der Waals surface area contributed by atoms with Crippen molar-refractivity contribution in [2.24, 2.45) is 10.4 Å². The number of nitrogens with zero attached hydrogens (tertiary/aromatic N) is 4. The molecular formula is C18H33N5O3S. The molecule has 1 aliphatic rings. The normalized spacial score (nSPS) is 17.3. The lowest BCUT2D eigenvalue weighted by atomic mass is 9.90. The first-order chi connectivity index (χ1) is 12.7. The van der Waals surface area contributed by atoms with E-state index in [4.69, 9.17) is 9.52 Å². The fraction of sp³-hybridized carbons (Fsp3) is 0.778. The van der Waals surface area contributed by atoms with Crippen molar-refractivity contribution in [3.05, 3.63) is 18.0 Å². The molecule has 0 amide bonds. The van der Waals surface area contributed by atoms with E-state index in [0.717, 1.165) is 50.9 Å². The molecule has 0 saturated carbocycles. The Morgan fingerprint density at radius 3 is 2.59 bits per heavy atom. The maximum Gasteiger partial charge on any atom is 0.194 e. The molecule has 0 atom stereocenters. The maximum atomic E-state index is 11.4. The van der Waals surface area contributed by atoms with Gasteiger partial charge in [-0.2, -0.15) is 0 Å². The molecule has 0 radical (unpaired) electrons. The van der Waals surface area contributed by atoms with Crippen LogP contribution in [0.3, 0.4) is 0 Å². The summed E-state index contributed by atoms with van der Waals surface area (Å²) >= 11 is 0. The molecule has 0 aliphatic carbocycles. The lowest BCUT2D eigenvalue weighted by molar-refractivity contribution is 0.168. The monoisotopic (exact) mass is 399 g/mol. The Hall–Kier alpha value is -1.61. The van der Waals surface area contributed by atoms with Gasteiger partial charge in [0.1, 0.15) is 16.1 Å². The number of aromatic nitrogens is 1. The van der Waals surface area contributed by atoms with Crippen molar-refractivity contribution < 1.29 is 12.9 Å². The average Bonchev–Trinajstić information content (AvgIpc) is 3.10. The average molecular weight is 400 g/mol. The van der Waals surface area contributed by atoms with Gasteiger partial charge in [-0.05, 0) is 18.8 Å². The Morgan fingerprint density at radius 2 is 2.04 bits per heavy atom. The van der Waals surface area contributed by atoms with Crippen LogP contribution in [0.4, 0.5) is 0 Å². The third-order valence-electron chi connectivity index (χ3n) is 4.69. The summed E-state index contributed by atoms with van der Waals surface area (Å²) in [7, 11) is -2.95. The summed E-state index contributed by atoms with van der Waals surface area (Å²) in [5, 5.41) is 7.35. The Morgan fingerprint density at radius 1 is 1.33 bits per heavy atom. The highest BCUT2D eigenvalue weighted by molar-refractivity contribution is 7.90. The quantitative estimate of drug-likeness (QED) is 0.519. The van der Waals surface area contributed by atoms with Gasteiger partial charge in [0.05, 0.1) is 11.4 Å². The number of piperazine rings is 1. The van der Waals surface area contributed by atoms with Crippen LogP contribution < -0.4 is 5.32 Å². The van der Waals surface area contributed by atoms with E-state index in [1.807, 2.05) is 6.07 Å². The molecule has 2 rings (SSSR count). The van der Waals surface area contributed by atoms with Gasteiger partial charge in [0, 0.05) is 58.1 Å². The Balaban J connectivity index is 1.89. The van der Waals surface area contributed by atoms with E-state index in [2.05, 4.69) is 41.0 Å². The highest BCUT2D eigenvalue weighted by atomic mass is 32.2. The summed E-state index contributed by atoms with van der Waals surface area (Å²) < 4.78 is 27.8. The lowest BCUT2D eigenvalue weighted by Crippen LogP contribution is -2.52. The minimum absolute atomic E-state index is 0.154. The molecule has 0 aromatic carbocycles. The lowest BCUT2D eigenvalue weighted by Gasteiger charge is -2.36. The van der Waals surface area contributed by atoms with E-state index in [9.17, 15) is 8.42 Å². The summed E-state index contributed by atoms with van der Waals surface area (Å²) in [6.07, 6.45) is 3.50. The van der Waals surface area contributed by atoms with Gasteiger partial charge in [-0.1, -0.05) is 19.0 Å². The van der Waals surface area contributed by atoms with Crippen molar-refractivity contribution in [2.45, 2.75) is 33.7 Å². The van der Waals surface area contributed by atoms with Gasteiger partial charge >= 0.3 is 0 Å². The molecule has 1 saturated heterocycles. The van der Waals surface area contributed by atoms with E-state index in [0.29, 0.717) is 13.0 Å². The molecule has 0 spiro atoms. The largest absolute Gasteiger partial charge is 0.364 e. The molecule has 1 fully saturated rings. The van der Waals surface area contributed by atoms with E-state index in [-0.39, 0.29) is 11.2 Å². The minimum atomic E-state index is -2.95. The molecule has 1 aliphatic heterocycles. The molecule has 9 heteroatoms. The zero-order valence-electron chi connectivity index (χ0n) is 16.9. The van der Waals surface area contributed by atoms with Crippen molar-refractivity contribution in [1.29, 1.82) is 0 Å². The van der Waals surface area contributed by atoms with Gasteiger partial charge in [0.25, 0.3) is 0 Å². The fourth-order valence-electron chi connectivity index (χ4n) is 2.92. The molecule has 2 heterocycles. The first-order valence-corrected chi connectivity index (χ1v) is 11.6. The molecular weight excluding hydrogens is 366 g/mol. The van der Waals surface area contributed by atoms with Gasteiger partial charge in [0.15, 0.2) is 5.96 Å². The Labute approximate surface area is 162 Å². The van der Waals surface area contributed by atoms with Crippen LogP contribution in [-0.4, -0.2) is 80.6 Å². The molecule has 1 N–H and O–H groups in total. The van der Waals surface area contributed by atoms with Crippen LogP contribution in [0.25, 0.3) is 0 Å². The van der Waals surface area contributed by atoms with Gasteiger partial charge in [-0.15, -0.1) is 0 Å². The van der Waals surface area contributed by atoms with Crippen molar-refractivity contribution in [3.63, 3.8) is 0 Å². The molecule has 0 unspecified atom stereocenters. The van der Waals surface area contributed by atoms with Crippen molar-refractivity contribution >= 4 is 15.8 Å². The molecule has 8 nitrogen and oxygen atoms in total. The Kier molecular flexibility index (Phi) is 7.67. The molecule has 0 bridgehead atoms. The standard InChI is InChI=1S/C18H33N5O3S/c1-5-19-17(20-15-18(2,3)7-13-27(4,24)25)23-10-8-22(9-11-23)14-16-6-12-26-21-16/h6,12H,5,7-11,13-15H2,1-4H3,(H,19,20). The van der Waals surface area contributed by atoms with Crippen LogP contribution in [0.15, 0.2) is 21.8 Å². The van der Waals surface area contributed by atoms with Gasteiger partial charge in [-0.3, -0.25) is 9.89 Å². The third kappa shape index (κ3) is 7.88. The summed E-state index contributed by atoms with van der Waals surface area (Å²) in [6, 6.07) is 1.90. The SMILES string of the molecule is CCNC(=NCC(C)(C)CCS(C)(=O)=O)N1CCN(Cc2ccon2)CC1. The molecule has 1 aromatic heterocycles. The first-order valence-electron chi connectivity index (χ1n) is 9.51. The number of sulfone groups is 1. The second-order valence-electron chi connectivity index (χ2n) is 7.97. The van der Waals surface area contributed by atoms with Crippen molar-refractivity contribution in [3.8, 4) is 0 Å². The zero-order valence-corrected chi connectivity index (χ0v) is 17.8. The fourth-order valence-corrected chi connectivity index (χ4v) is 3.84. The van der Waals surface area contributed by atoms with Crippen LogP contribution in [0.5, 0.6) is 0 Å². The second-order valence-corrected chi connectivity index (χ2v) is 10.2. The van der Waals surface area contributed by atoms with Crippen molar-refractivity contribution in [1.82, 2.24) is 20.3 Å². The third-order valence-corrected chi connectivity index (χ3v) is 5.64. The van der Waals surface area contributed by atoms with Crippen LogP contribution in [-0.2, 0) is 16.4 Å². The highest BCUT2D eigenvalue weighted by Crippen LogP contribution is 2.21. The van der Waals surface area contributed by atoms with Crippen LogP contribution in [0.1, 0.15) is 32.9 Å². The number of nitrogens with one attached hydrogen (secondary N) is 1. The Bertz CT molecular complexity index is 693. The first kappa shape index (κ1) is 21.7. The van der Waals surface area contributed by atoms with Crippen LogP contribution in [0, 0.1) is 5.41 Å². The number of hydrogen-bond donors (Lipinski definition) is 1. The maximum absolute atomic E-state index is 11.4. The number of hydrogen-bond acceptors (Lipinski definition) is 6. The summed E-state index contributed by atoms with van der Waals surface area (Å²) in [5.41, 5.74) is 0.801. The predicted octanol–water partition coefficient (Wildman–Crippen LogP) is 1.22. The summed E-state index contributed by atoms with van der Waals surface area (Å²) in [5.74, 6) is 1.11. The molecule has 154 valence electrons. The smallest absolute Gasteiger partial charge is 0.194 e. The van der Waals surface area contributed by atoms with Gasteiger partial charge in [-0.25, -0.2) is 8.42 Å². The topological polar surface area (TPSA) is 91.0 Å². The van der Waals surface area contributed by atoms with Gasteiger partial charge < -0.3 is 14.7 Å².